The van der Waals surface area contributed by atoms with Gasteiger partial charge in [-0.2, -0.15) is 0 Å². The average molecular weight is 255 g/mol. The Kier molecular flexibility index (Phi) is 4.13. The molecule has 1 heterocycles. The van der Waals surface area contributed by atoms with Crippen LogP contribution in [-0.4, -0.2) is 10.9 Å². The number of carbonyl (C=O) groups is 1. The second-order valence-corrected chi connectivity index (χ2v) is 4.38. The zero-order valence-corrected chi connectivity index (χ0v) is 10.9. The van der Waals surface area contributed by atoms with Crippen molar-refractivity contribution in [2.75, 3.05) is 11.1 Å². The molecule has 0 aliphatic rings. The molecular weight excluding hydrogens is 238 g/mol. The molecule has 0 radical (unpaired) electrons. The number of anilines is 2. The van der Waals surface area contributed by atoms with Gasteiger partial charge in [0.05, 0.1) is 11.4 Å². The maximum Gasteiger partial charge on any atom is 0.224 e. The fraction of sp³-hybridized carbons (Fsp3) is 0.200. The molecule has 4 nitrogen and oxygen atoms in total. The van der Waals surface area contributed by atoms with Crippen LogP contribution in [0.1, 0.15) is 17.7 Å². The third kappa shape index (κ3) is 3.55. The zero-order chi connectivity index (χ0) is 13.7. The topological polar surface area (TPSA) is 68.0 Å². The van der Waals surface area contributed by atoms with Gasteiger partial charge in [0.25, 0.3) is 0 Å². The number of aryl methyl sites for hydroxylation is 2. The molecule has 0 bridgehead atoms. The largest absolute Gasteiger partial charge is 0.399 e. The van der Waals surface area contributed by atoms with Crippen LogP contribution in [0.3, 0.4) is 0 Å². The maximum absolute atomic E-state index is 11.9. The summed E-state index contributed by atoms with van der Waals surface area (Å²) in [5.41, 5.74) is 9.14. The monoisotopic (exact) mass is 255 g/mol. The van der Waals surface area contributed by atoms with Crippen molar-refractivity contribution >= 4 is 17.3 Å². The fourth-order valence-electron chi connectivity index (χ4n) is 1.84. The lowest BCUT2D eigenvalue weighted by Gasteiger charge is -2.08. The number of carbonyl (C=O) groups excluding carboxylic acids is 1. The summed E-state index contributed by atoms with van der Waals surface area (Å²) in [6, 6.07) is 11.2. The molecule has 0 spiro atoms. The SMILES string of the molecule is Cc1ncccc1NC(=O)CCc1ccccc1N. The Morgan fingerprint density at radius 1 is 1.26 bits per heavy atom. The lowest BCUT2D eigenvalue weighted by molar-refractivity contribution is -0.116. The molecule has 4 heteroatoms. The van der Waals surface area contributed by atoms with Crippen molar-refractivity contribution in [2.45, 2.75) is 19.8 Å². The molecule has 0 saturated heterocycles. The fourth-order valence-corrected chi connectivity index (χ4v) is 1.84. The van der Waals surface area contributed by atoms with Crippen LogP contribution in [-0.2, 0) is 11.2 Å². The molecule has 19 heavy (non-hydrogen) atoms. The number of nitrogens with two attached hydrogens (primary N) is 1. The van der Waals surface area contributed by atoms with Gasteiger partial charge in [0, 0.05) is 18.3 Å². The van der Waals surface area contributed by atoms with E-state index in [-0.39, 0.29) is 5.91 Å². The summed E-state index contributed by atoms with van der Waals surface area (Å²) < 4.78 is 0. The van der Waals surface area contributed by atoms with Crippen LogP contribution < -0.4 is 11.1 Å². The van der Waals surface area contributed by atoms with E-state index in [4.69, 9.17) is 5.73 Å². The zero-order valence-electron chi connectivity index (χ0n) is 10.9. The van der Waals surface area contributed by atoms with Gasteiger partial charge < -0.3 is 11.1 Å². The number of nitrogens with one attached hydrogen (secondary N) is 1. The van der Waals surface area contributed by atoms with Gasteiger partial charge in [-0.25, -0.2) is 0 Å². The Labute approximate surface area is 112 Å². The average Bonchev–Trinajstić information content (AvgIpc) is 2.40. The molecule has 2 rings (SSSR count). The van der Waals surface area contributed by atoms with Gasteiger partial charge in [-0.15, -0.1) is 0 Å². The van der Waals surface area contributed by atoms with Crippen LogP contribution in [0, 0.1) is 6.92 Å². The number of aromatic nitrogens is 1. The normalized spacial score (nSPS) is 10.2. The number of hydrogen-bond donors (Lipinski definition) is 2. The number of nitrogens with zero attached hydrogens (tertiary/aromatic N) is 1. The Bertz CT molecular complexity index is 581. The highest BCUT2D eigenvalue weighted by molar-refractivity contribution is 5.91. The lowest BCUT2D eigenvalue weighted by Crippen LogP contribution is -2.13. The van der Waals surface area contributed by atoms with E-state index in [2.05, 4.69) is 10.3 Å². The first-order valence-corrected chi connectivity index (χ1v) is 6.21. The second-order valence-electron chi connectivity index (χ2n) is 4.38. The second kappa shape index (κ2) is 6.00. The lowest BCUT2D eigenvalue weighted by atomic mass is 10.1. The van der Waals surface area contributed by atoms with Gasteiger partial charge in [-0.05, 0) is 37.1 Å². The molecule has 2 aromatic rings. The molecule has 0 unspecified atom stereocenters. The number of para-hydroxylation sites is 1. The van der Waals surface area contributed by atoms with Crippen LogP contribution in [0.4, 0.5) is 11.4 Å². The summed E-state index contributed by atoms with van der Waals surface area (Å²) in [7, 11) is 0. The minimum absolute atomic E-state index is 0.0284. The smallest absolute Gasteiger partial charge is 0.224 e. The van der Waals surface area contributed by atoms with E-state index in [1.54, 1.807) is 12.3 Å². The molecule has 1 aromatic carbocycles. The summed E-state index contributed by atoms with van der Waals surface area (Å²) in [5, 5.41) is 2.86. The quantitative estimate of drug-likeness (QED) is 0.825. The molecule has 1 amide bonds. The highest BCUT2D eigenvalue weighted by atomic mass is 16.1. The van der Waals surface area contributed by atoms with E-state index in [9.17, 15) is 4.79 Å². The van der Waals surface area contributed by atoms with Crippen LogP contribution in [0.5, 0.6) is 0 Å². The first-order chi connectivity index (χ1) is 9.16. The van der Waals surface area contributed by atoms with Crippen molar-refractivity contribution < 1.29 is 4.79 Å². The van der Waals surface area contributed by atoms with Gasteiger partial charge in [0.15, 0.2) is 0 Å². The summed E-state index contributed by atoms with van der Waals surface area (Å²) in [6.07, 6.45) is 2.75. The third-order valence-corrected chi connectivity index (χ3v) is 2.96. The highest BCUT2D eigenvalue weighted by Gasteiger charge is 2.06. The number of hydrogen-bond acceptors (Lipinski definition) is 3. The molecule has 0 aliphatic heterocycles. The number of rotatable bonds is 4. The van der Waals surface area contributed by atoms with Crippen molar-refractivity contribution in [3.8, 4) is 0 Å². The number of amides is 1. The first-order valence-electron chi connectivity index (χ1n) is 6.21. The molecule has 3 N–H and O–H groups in total. The number of benzene rings is 1. The van der Waals surface area contributed by atoms with E-state index < -0.39 is 0 Å². The Hall–Kier alpha value is -2.36. The molecule has 1 aromatic heterocycles. The summed E-state index contributed by atoms with van der Waals surface area (Å²) >= 11 is 0. The van der Waals surface area contributed by atoms with Crippen molar-refractivity contribution in [3.63, 3.8) is 0 Å². The molecular formula is C15H17N3O. The van der Waals surface area contributed by atoms with Crippen molar-refractivity contribution in [1.29, 1.82) is 0 Å². The molecule has 0 fully saturated rings. The standard InChI is InChI=1S/C15H17N3O/c1-11-14(7-4-10-17-11)18-15(19)9-8-12-5-2-3-6-13(12)16/h2-7,10H,8-9,16H2,1H3,(H,18,19). The third-order valence-electron chi connectivity index (χ3n) is 2.96. The Morgan fingerprint density at radius 2 is 2.05 bits per heavy atom. The summed E-state index contributed by atoms with van der Waals surface area (Å²) in [5.74, 6) is -0.0284. The van der Waals surface area contributed by atoms with Crippen molar-refractivity contribution in [3.05, 3.63) is 53.9 Å². The van der Waals surface area contributed by atoms with Crippen LogP contribution in [0.25, 0.3) is 0 Å². The van der Waals surface area contributed by atoms with Gasteiger partial charge in [-0.1, -0.05) is 18.2 Å². The molecule has 0 aliphatic carbocycles. The van der Waals surface area contributed by atoms with E-state index in [0.29, 0.717) is 12.8 Å². The maximum atomic E-state index is 11.9. The van der Waals surface area contributed by atoms with Gasteiger partial charge in [0.1, 0.15) is 0 Å². The van der Waals surface area contributed by atoms with Gasteiger partial charge in [-0.3, -0.25) is 9.78 Å². The molecule has 98 valence electrons. The predicted molar refractivity (Wildman–Crippen MR) is 76.8 cm³/mol. The van der Waals surface area contributed by atoms with E-state index in [1.165, 1.54) is 0 Å². The molecule has 0 saturated carbocycles. The minimum Gasteiger partial charge on any atom is -0.399 e. The minimum atomic E-state index is -0.0284. The predicted octanol–water partition coefficient (Wildman–Crippen LogP) is 2.54. The van der Waals surface area contributed by atoms with E-state index in [0.717, 1.165) is 22.6 Å². The Morgan fingerprint density at radius 3 is 2.79 bits per heavy atom. The van der Waals surface area contributed by atoms with Crippen LogP contribution in [0.15, 0.2) is 42.6 Å². The van der Waals surface area contributed by atoms with E-state index in [1.807, 2.05) is 37.3 Å². The first kappa shape index (κ1) is 13.1. The van der Waals surface area contributed by atoms with Crippen LogP contribution in [0.2, 0.25) is 0 Å². The summed E-state index contributed by atoms with van der Waals surface area (Å²) in [6.45, 7) is 1.87. The van der Waals surface area contributed by atoms with E-state index >= 15 is 0 Å². The molecule has 0 atom stereocenters. The van der Waals surface area contributed by atoms with Crippen molar-refractivity contribution in [2.24, 2.45) is 0 Å². The van der Waals surface area contributed by atoms with Crippen molar-refractivity contribution in [1.82, 2.24) is 4.98 Å². The summed E-state index contributed by atoms with van der Waals surface area (Å²) in [4.78, 5) is 16.0. The number of nitrogen functional groups attached to an aromatic ring is 1. The highest BCUT2D eigenvalue weighted by Crippen LogP contribution is 2.14. The van der Waals surface area contributed by atoms with Gasteiger partial charge in [0.2, 0.25) is 5.91 Å². The van der Waals surface area contributed by atoms with Crippen LogP contribution >= 0.6 is 0 Å². The van der Waals surface area contributed by atoms with Gasteiger partial charge >= 0.3 is 0 Å². The number of pyridine rings is 1. The Balaban J connectivity index is 1.92.